The van der Waals surface area contributed by atoms with Crippen LogP contribution in [0.2, 0.25) is 0 Å². The van der Waals surface area contributed by atoms with Crippen molar-refractivity contribution >= 4 is 11.8 Å². The minimum absolute atomic E-state index is 0.178. The Morgan fingerprint density at radius 2 is 2.00 bits per heavy atom. The van der Waals surface area contributed by atoms with Crippen molar-refractivity contribution in [3.8, 4) is 17.3 Å². The maximum atomic E-state index is 14.5. The van der Waals surface area contributed by atoms with Gasteiger partial charge >= 0.3 is 0 Å². The molecule has 2 aromatic rings. The molecular weight excluding hydrogens is 411 g/mol. The zero-order chi connectivity index (χ0) is 22.4. The molecule has 3 N–H and O–H groups in total. The first-order valence-corrected chi connectivity index (χ1v) is 11.1. The van der Waals surface area contributed by atoms with Crippen LogP contribution in [0, 0.1) is 22.6 Å². The number of rotatable bonds is 10. The molecular formula is C22H29FN8O. The fourth-order valence-electron chi connectivity index (χ4n) is 3.95. The second kappa shape index (κ2) is 10.1. The van der Waals surface area contributed by atoms with Crippen LogP contribution in [0.5, 0.6) is 0 Å². The molecule has 0 unspecified atom stereocenters. The quantitative estimate of drug-likeness (QED) is 0.479. The molecule has 2 aliphatic rings. The van der Waals surface area contributed by atoms with Crippen LogP contribution in [0.1, 0.15) is 38.5 Å². The Morgan fingerprint density at radius 1 is 1.22 bits per heavy atom. The third-order valence-electron chi connectivity index (χ3n) is 6.17. The highest BCUT2D eigenvalue weighted by Gasteiger charge is 2.43. The van der Waals surface area contributed by atoms with E-state index in [0.717, 1.165) is 45.1 Å². The summed E-state index contributed by atoms with van der Waals surface area (Å²) in [6, 6.07) is 4.78. The highest BCUT2D eigenvalue weighted by Crippen LogP contribution is 2.44. The fourth-order valence-corrected chi connectivity index (χ4v) is 3.95. The third-order valence-corrected chi connectivity index (χ3v) is 6.17. The number of hydrogen-bond donors (Lipinski definition) is 3. The zero-order valence-corrected chi connectivity index (χ0v) is 18.3. The van der Waals surface area contributed by atoms with E-state index in [1.165, 1.54) is 12.4 Å². The Morgan fingerprint density at radius 3 is 2.72 bits per heavy atom. The molecule has 9 nitrogen and oxygen atoms in total. The van der Waals surface area contributed by atoms with Gasteiger partial charge in [-0.2, -0.15) is 10.4 Å². The summed E-state index contributed by atoms with van der Waals surface area (Å²) in [6.07, 6.45) is 8.53. The molecule has 2 fully saturated rings. The molecule has 0 spiro atoms. The molecule has 0 saturated heterocycles. The minimum atomic E-state index is -0.517. The van der Waals surface area contributed by atoms with E-state index in [2.05, 4.69) is 42.2 Å². The van der Waals surface area contributed by atoms with E-state index in [4.69, 9.17) is 4.74 Å². The van der Waals surface area contributed by atoms with Gasteiger partial charge < -0.3 is 20.7 Å². The number of ether oxygens (including phenoxy) is 1. The Kier molecular flexibility index (Phi) is 7.07. The Hall–Kier alpha value is -2.90. The average molecular weight is 441 g/mol. The molecule has 0 aromatic carbocycles. The standard InChI is InChI=1S/C22H29FN8O/c1-32-9-8-25-16-2-4-17(5-3-16)29-21-26-12-18(23)20(30-21)15-10-19(31-28-11-15)27-14-22(13-24)6-7-22/h10-12,16-17,25H,2-9,14H2,1H3,(H,27,31)(H,26,29,30). The summed E-state index contributed by atoms with van der Waals surface area (Å²) in [5.41, 5.74) is 0.378. The second-order valence-electron chi connectivity index (χ2n) is 8.61. The molecule has 0 amide bonds. The first-order valence-electron chi connectivity index (χ1n) is 11.1. The van der Waals surface area contributed by atoms with Gasteiger partial charge in [0.15, 0.2) is 5.82 Å². The molecule has 2 saturated carbocycles. The minimum Gasteiger partial charge on any atom is -0.383 e. The Bertz CT molecular complexity index is 953. The van der Waals surface area contributed by atoms with Crippen LogP contribution >= 0.6 is 0 Å². The molecule has 0 radical (unpaired) electrons. The number of aromatic nitrogens is 4. The molecule has 170 valence electrons. The first-order chi connectivity index (χ1) is 15.6. The molecule has 2 aliphatic carbocycles. The van der Waals surface area contributed by atoms with Gasteiger partial charge in [0, 0.05) is 37.8 Å². The van der Waals surface area contributed by atoms with Crippen LogP contribution < -0.4 is 16.0 Å². The lowest BCUT2D eigenvalue weighted by atomic mass is 9.91. The summed E-state index contributed by atoms with van der Waals surface area (Å²) in [5.74, 6) is 0.386. The highest BCUT2D eigenvalue weighted by atomic mass is 19.1. The first kappa shape index (κ1) is 22.3. The van der Waals surface area contributed by atoms with Gasteiger partial charge in [0.2, 0.25) is 5.95 Å². The number of methoxy groups -OCH3 is 1. The monoisotopic (exact) mass is 440 g/mol. The fraction of sp³-hybridized carbons (Fsp3) is 0.591. The SMILES string of the molecule is COCCNC1CCC(Nc2ncc(F)c(-c3cnnc(NCC4(C#N)CC4)c3)n2)CC1. The molecule has 4 rings (SSSR count). The van der Waals surface area contributed by atoms with Crippen molar-refractivity contribution in [1.82, 2.24) is 25.5 Å². The van der Waals surface area contributed by atoms with Crippen molar-refractivity contribution < 1.29 is 9.13 Å². The van der Waals surface area contributed by atoms with Crippen LogP contribution in [0.3, 0.4) is 0 Å². The Balaban J connectivity index is 1.37. The third kappa shape index (κ3) is 5.66. The van der Waals surface area contributed by atoms with Crippen LogP contribution in [-0.4, -0.2) is 59.1 Å². The van der Waals surface area contributed by atoms with Gasteiger partial charge in [0.1, 0.15) is 11.5 Å². The van der Waals surface area contributed by atoms with E-state index in [9.17, 15) is 9.65 Å². The van der Waals surface area contributed by atoms with E-state index in [1.54, 1.807) is 13.2 Å². The maximum Gasteiger partial charge on any atom is 0.223 e. The van der Waals surface area contributed by atoms with E-state index < -0.39 is 5.82 Å². The van der Waals surface area contributed by atoms with Gasteiger partial charge in [-0.05, 0) is 44.6 Å². The summed E-state index contributed by atoms with van der Waals surface area (Å²) in [6.45, 7) is 2.08. The van der Waals surface area contributed by atoms with Crippen LogP contribution in [0.4, 0.5) is 16.2 Å². The van der Waals surface area contributed by atoms with E-state index in [0.29, 0.717) is 36.5 Å². The van der Waals surface area contributed by atoms with E-state index >= 15 is 0 Å². The van der Waals surface area contributed by atoms with Gasteiger partial charge in [-0.15, -0.1) is 5.10 Å². The van der Waals surface area contributed by atoms with Crippen molar-refractivity contribution in [2.45, 2.75) is 50.6 Å². The number of nitrogens with zero attached hydrogens (tertiary/aromatic N) is 5. The normalized spacial score (nSPS) is 21.5. The van der Waals surface area contributed by atoms with Crippen LogP contribution in [0.25, 0.3) is 11.3 Å². The topological polar surface area (TPSA) is 121 Å². The summed E-state index contributed by atoms with van der Waals surface area (Å²) in [5, 5.41) is 27.2. The predicted octanol–water partition coefficient (Wildman–Crippen LogP) is 2.75. The lowest BCUT2D eigenvalue weighted by Gasteiger charge is -2.29. The molecule has 0 bridgehead atoms. The summed E-state index contributed by atoms with van der Waals surface area (Å²) in [4.78, 5) is 8.55. The van der Waals surface area contributed by atoms with E-state index in [1.807, 2.05) is 0 Å². The van der Waals surface area contributed by atoms with E-state index in [-0.39, 0.29) is 17.2 Å². The summed E-state index contributed by atoms with van der Waals surface area (Å²) in [7, 11) is 1.71. The number of nitrogens with one attached hydrogen (secondary N) is 3. The number of anilines is 2. The van der Waals surface area contributed by atoms with Gasteiger partial charge in [0.05, 0.1) is 30.5 Å². The van der Waals surface area contributed by atoms with Crippen molar-refractivity contribution in [3.63, 3.8) is 0 Å². The zero-order valence-electron chi connectivity index (χ0n) is 18.3. The second-order valence-corrected chi connectivity index (χ2v) is 8.61. The highest BCUT2D eigenvalue weighted by molar-refractivity contribution is 5.63. The smallest absolute Gasteiger partial charge is 0.223 e. The van der Waals surface area contributed by atoms with Crippen LogP contribution in [-0.2, 0) is 4.74 Å². The molecule has 2 aromatic heterocycles. The molecule has 32 heavy (non-hydrogen) atoms. The Labute approximate surface area is 187 Å². The molecule has 10 heteroatoms. The van der Waals surface area contributed by atoms with Crippen molar-refractivity contribution in [1.29, 1.82) is 5.26 Å². The summed E-state index contributed by atoms with van der Waals surface area (Å²) < 4.78 is 19.6. The van der Waals surface area contributed by atoms with Gasteiger partial charge in [-0.3, -0.25) is 0 Å². The largest absolute Gasteiger partial charge is 0.383 e. The number of hydrogen-bond acceptors (Lipinski definition) is 9. The van der Waals surface area contributed by atoms with Gasteiger partial charge in [-0.1, -0.05) is 0 Å². The van der Waals surface area contributed by atoms with Crippen LogP contribution in [0.15, 0.2) is 18.5 Å². The number of nitriles is 1. The molecule has 0 atom stereocenters. The average Bonchev–Trinajstić information content (AvgIpc) is 3.61. The van der Waals surface area contributed by atoms with Crippen molar-refractivity contribution in [2.75, 3.05) is 37.4 Å². The molecule has 2 heterocycles. The predicted molar refractivity (Wildman–Crippen MR) is 118 cm³/mol. The summed E-state index contributed by atoms with van der Waals surface area (Å²) >= 11 is 0. The van der Waals surface area contributed by atoms with Gasteiger partial charge in [0.25, 0.3) is 0 Å². The van der Waals surface area contributed by atoms with Gasteiger partial charge in [-0.25, -0.2) is 14.4 Å². The maximum absolute atomic E-state index is 14.5. The molecule has 0 aliphatic heterocycles. The number of halogens is 1. The lowest BCUT2D eigenvalue weighted by Crippen LogP contribution is -2.38. The lowest BCUT2D eigenvalue weighted by molar-refractivity contribution is 0.191. The van der Waals surface area contributed by atoms with Crippen molar-refractivity contribution in [3.05, 3.63) is 24.3 Å². The van der Waals surface area contributed by atoms with Crippen molar-refractivity contribution in [2.24, 2.45) is 5.41 Å².